The van der Waals surface area contributed by atoms with E-state index in [1.807, 2.05) is 17.9 Å². The van der Waals surface area contributed by atoms with Crippen molar-refractivity contribution in [3.8, 4) is 0 Å². The zero-order chi connectivity index (χ0) is 21.0. The number of nitrogens with zero attached hydrogens (tertiary/aromatic N) is 1. The van der Waals surface area contributed by atoms with Gasteiger partial charge in [0, 0.05) is 24.3 Å². The van der Waals surface area contributed by atoms with Gasteiger partial charge in [-0.1, -0.05) is 49.0 Å². The molecule has 1 aliphatic carbocycles. The van der Waals surface area contributed by atoms with Crippen LogP contribution in [-0.2, 0) is 19.1 Å². The Hall–Kier alpha value is -1.47. The van der Waals surface area contributed by atoms with Crippen LogP contribution in [0.5, 0.6) is 0 Å². The van der Waals surface area contributed by atoms with E-state index in [0.29, 0.717) is 17.4 Å². The molecule has 2 aliphatic rings. The average Bonchev–Trinajstić information content (AvgIpc) is 3.10. The van der Waals surface area contributed by atoms with Gasteiger partial charge >= 0.3 is 5.97 Å². The Labute approximate surface area is 181 Å². The van der Waals surface area contributed by atoms with Gasteiger partial charge in [-0.2, -0.15) is 0 Å². The quantitative estimate of drug-likeness (QED) is 0.650. The summed E-state index contributed by atoms with van der Waals surface area (Å²) >= 11 is 2.89. The van der Waals surface area contributed by atoms with Crippen molar-refractivity contribution >= 4 is 40.5 Å². The number of hydrogen-bond donors (Lipinski definition) is 0. The first-order valence-corrected chi connectivity index (χ1v) is 12.1. The summed E-state index contributed by atoms with van der Waals surface area (Å²) in [5, 5.41) is 0.00282. The van der Waals surface area contributed by atoms with Gasteiger partial charge < -0.3 is 9.64 Å². The minimum atomic E-state index is -0.546. The monoisotopic (exact) mass is 435 g/mol. The molecule has 1 amide bonds. The first kappa shape index (κ1) is 22.2. The molecule has 3 rings (SSSR count). The molecule has 2 fully saturated rings. The van der Waals surface area contributed by atoms with Crippen LogP contribution in [0.4, 0.5) is 0 Å². The van der Waals surface area contributed by atoms with Crippen molar-refractivity contribution in [1.29, 1.82) is 0 Å². The maximum absolute atomic E-state index is 13.4. The molecule has 0 radical (unpaired) electrons. The van der Waals surface area contributed by atoms with Crippen molar-refractivity contribution in [3.63, 3.8) is 0 Å². The summed E-state index contributed by atoms with van der Waals surface area (Å²) in [6.07, 6.45) is 3.71. The zero-order valence-electron chi connectivity index (χ0n) is 17.3. The molecular weight excluding hydrogens is 406 g/mol. The van der Waals surface area contributed by atoms with Crippen molar-refractivity contribution in [1.82, 2.24) is 4.90 Å². The van der Waals surface area contributed by atoms with Crippen molar-refractivity contribution in [2.24, 2.45) is 5.92 Å². The van der Waals surface area contributed by atoms with Gasteiger partial charge in [-0.05, 0) is 37.2 Å². The van der Waals surface area contributed by atoms with Crippen molar-refractivity contribution in [2.75, 3.05) is 18.6 Å². The third-order valence-electron chi connectivity index (χ3n) is 5.97. The normalized spacial score (nSPS) is 27.6. The Morgan fingerprint density at radius 2 is 1.90 bits per heavy atom. The smallest absolute Gasteiger partial charge is 0.329 e. The van der Waals surface area contributed by atoms with Crippen molar-refractivity contribution in [3.05, 3.63) is 35.9 Å². The lowest BCUT2D eigenvalue weighted by Gasteiger charge is -2.45. The average molecular weight is 436 g/mol. The van der Waals surface area contributed by atoms with E-state index >= 15 is 0 Å². The first-order chi connectivity index (χ1) is 13.9. The van der Waals surface area contributed by atoms with Crippen molar-refractivity contribution < 1.29 is 19.1 Å². The first-order valence-electron chi connectivity index (χ1n) is 10.1. The van der Waals surface area contributed by atoms with Gasteiger partial charge in [-0.25, -0.2) is 4.79 Å². The summed E-state index contributed by atoms with van der Waals surface area (Å²) in [4.78, 5) is 38.6. The maximum atomic E-state index is 13.4. The van der Waals surface area contributed by atoms with Gasteiger partial charge in [0.2, 0.25) is 5.91 Å². The van der Waals surface area contributed by atoms with E-state index in [9.17, 15) is 14.4 Å². The third-order valence-corrected chi connectivity index (χ3v) is 8.67. The van der Waals surface area contributed by atoms with Gasteiger partial charge in [0.05, 0.1) is 12.0 Å². The summed E-state index contributed by atoms with van der Waals surface area (Å²) in [6, 6.07) is 9.97. The molecule has 2 unspecified atom stereocenters. The van der Waals surface area contributed by atoms with Crippen LogP contribution >= 0.6 is 23.5 Å². The second-order valence-corrected chi connectivity index (χ2v) is 10.5. The number of ether oxygens (including phenoxy) is 1. The predicted octanol–water partition coefficient (Wildman–Crippen LogP) is 4.07. The van der Waals surface area contributed by atoms with E-state index in [2.05, 4.69) is 24.3 Å². The molecule has 29 heavy (non-hydrogen) atoms. The number of rotatable bonds is 5. The van der Waals surface area contributed by atoms with E-state index in [1.54, 1.807) is 11.8 Å². The molecule has 1 aliphatic heterocycles. The van der Waals surface area contributed by atoms with Crippen LogP contribution in [-0.4, -0.2) is 51.4 Å². The molecule has 1 aromatic carbocycles. The van der Waals surface area contributed by atoms with Crippen LogP contribution in [0.1, 0.15) is 51.0 Å². The second-order valence-electron chi connectivity index (χ2n) is 7.89. The number of carbonyl (C=O) groups excluding carboxylic acids is 3. The molecule has 0 N–H and O–H groups in total. The molecule has 7 heteroatoms. The fourth-order valence-corrected chi connectivity index (χ4v) is 6.65. The Morgan fingerprint density at radius 3 is 2.48 bits per heavy atom. The molecule has 158 valence electrons. The summed E-state index contributed by atoms with van der Waals surface area (Å²) < 4.78 is 5.01. The molecule has 1 heterocycles. The predicted molar refractivity (Wildman–Crippen MR) is 118 cm³/mol. The molecule has 1 saturated carbocycles. The van der Waals surface area contributed by atoms with Crippen LogP contribution in [0.2, 0.25) is 0 Å². The van der Waals surface area contributed by atoms with E-state index in [0.717, 1.165) is 25.7 Å². The number of thioether (sulfide) groups is 2. The topological polar surface area (TPSA) is 63.7 Å². The van der Waals surface area contributed by atoms with Gasteiger partial charge in [-0.3, -0.25) is 9.59 Å². The highest BCUT2D eigenvalue weighted by Gasteiger charge is 2.54. The number of hydrogen-bond acceptors (Lipinski definition) is 6. The second kappa shape index (κ2) is 9.56. The van der Waals surface area contributed by atoms with Gasteiger partial charge in [0.1, 0.15) is 6.04 Å². The van der Waals surface area contributed by atoms with E-state index in [1.165, 1.54) is 31.4 Å². The number of amides is 1. The van der Waals surface area contributed by atoms with Crippen LogP contribution in [0.3, 0.4) is 0 Å². The van der Waals surface area contributed by atoms with Crippen LogP contribution < -0.4 is 0 Å². The minimum Gasteiger partial charge on any atom is -0.467 e. The van der Waals surface area contributed by atoms with Crippen LogP contribution in [0, 0.1) is 5.92 Å². The summed E-state index contributed by atoms with van der Waals surface area (Å²) in [7, 11) is 1.38. The molecular formula is C22H29NO4S2. The maximum Gasteiger partial charge on any atom is 0.329 e. The zero-order valence-corrected chi connectivity index (χ0v) is 18.9. The lowest BCUT2D eigenvalue weighted by molar-refractivity contribution is -0.155. The number of carbonyl (C=O) groups is 3. The van der Waals surface area contributed by atoms with Gasteiger partial charge in [-0.15, -0.1) is 11.8 Å². The number of esters is 1. The fraction of sp³-hybridized carbons (Fsp3) is 0.591. The van der Waals surface area contributed by atoms with E-state index in [4.69, 9.17) is 4.74 Å². The Balaban J connectivity index is 1.78. The Bertz CT molecular complexity index is 746. The molecule has 0 bridgehead atoms. The Morgan fingerprint density at radius 1 is 1.24 bits per heavy atom. The highest BCUT2D eigenvalue weighted by Crippen LogP contribution is 2.52. The van der Waals surface area contributed by atoms with Crippen LogP contribution in [0.25, 0.3) is 0 Å². The standard InChI is InChI=1S/C22H29NO4S2/c1-15(13-28-16(2)24)20(25)23-19(21(26)27-3)14-29-22(23)11-9-18(10-12-22)17-7-5-4-6-8-17/h4-8,15,18-19H,9-14H2,1-3H3. The number of methoxy groups -OCH3 is 1. The molecule has 0 aromatic heterocycles. The highest BCUT2D eigenvalue weighted by molar-refractivity contribution is 8.13. The SMILES string of the molecule is COC(=O)C1CSC2(CCC(c3ccccc3)CC2)N1C(=O)C(C)CSC(C)=O. The molecule has 5 nitrogen and oxygen atoms in total. The lowest BCUT2D eigenvalue weighted by atomic mass is 9.80. The molecule has 1 spiro atoms. The third kappa shape index (κ3) is 4.82. The largest absolute Gasteiger partial charge is 0.467 e. The molecule has 2 atom stereocenters. The van der Waals surface area contributed by atoms with E-state index < -0.39 is 6.04 Å². The number of benzene rings is 1. The molecule has 1 saturated heterocycles. The summed E-state index contributed by atoms with van der Waals surface area (Å²) in [5.74, 6) is 0.782. The van der Waals surface area contributed by atoms with E-state index in [-0.39, 0.29) is 27.8 Å². The molecule has 1 aromatic rings. The highest BCUT2D eigenvalue weighted by atomic mass is 32.2. The summed E-state index contributed by atoms with van der Waals surface area (Å²) in [6.45, 7) is 3.36. The van der Waals surface area contributed by atoms with Crippen molar-refractivity contribution in [2.45, 2.75) is 56.4 Å². The van der Waals surface area contributed by atoms with Crippen LogP contribution in [0.15, 0.2) is 30.3 Å². The fourth-order valence-electron chi connectivity index (χ4n) is 4.39. The van der Waals surface area contributed by atoms with Gasteiger partial charge in [0.15, 0.2) is 5.12 Å². The lowest BCUT2D eigenvalue weighted by Crippen LogP contribution is -2.55. The summed E-state index contributed by atoms with van der Waals surface area (Å²) in [5.41, 5.74) is 1.35. The minimum absolute atomic E-state index is 0.00282. The van der Waals surface area contributed by atoms with Gasteiger partial charge in [0.25, 0.3) is 0 Å². The Kier molecular flexibility index (Phi) is 7.32.